The average Bonchev–Trinajstić information content (AvgIpc) is 2.87. The maximum Gasteiger partial charge on any atom is 0.355 e. The second kappa shape index (κ2) is 6.28. The third-order valence-electron chi connectivity index (χ3n) is 3.35. The minimum Gasteiger partial charge on any atom is -0.461 e. The van der Waals surface area contributed by atoms with Crippen LogP contribution in [0, 0.1) is 6.92 Å². The standard InChI is InChI=1S/C18H17NO2S/c1-3-21-18(20)16-17(22-13-7-5-4-6-8-13)14-11-12(2)9-10-15(14)19-16/h4-11,19H,3H2,1-2H3. The molecule has 0 atom stereocenters. The molecule has 4 heteroatoms. The molecule has 0 amide bonds. The number of aromatic nitrogens is 1. The number of ether oxygens (including phenoxy) is 1. The lowest BCUT2D eigenvalue weighted by atomic mass is 10.2. The van der Waals surface area contributed by atoms with Gasteiger partial charge in [-0.15, -0.1) is 0 Å². The van der Waals surface area contributed by atoms with Crippen LogP contribution >= 0.6 is 11.8 Å². The van der Waals surface area contributed by atoms with Gasteiger partial charge in [0, 0.05) is 15.8 Å². The molecular formula is C18H17NO2S. The molecule has 0 bridgehead atoms. The summed E-state index contributed by atoms with van der Waals surface area (Å²) in [5.41, 5.74) is 2.64. The van der Waals surface area contributed by atoms with Crippen molar-refractivity contribution in [2.75, 3.05) is 6.61 Å². The van der Waals surface area contributed by atoms with Crippen LogP contribution in [0.4, 0.5) is 0 Å². The van der Waals surface area contributed by atoms with Crippen LogP contribution in [0.1, 0.15) is 23.0 Å². The first-order chi connectivity index (χ1) is 10.7. The Kier molecular flexibility index (Phi) is 4.20. The topological polar surface area (TPSA) is 42.1 Å². The molecule has 3 nitrogen and oxygen atoms in total. The zero-order valence-corrected chi connectivity index (χ0v) is 13.4. The van der Waals surface area contributed by atoms with Crippen molar-refractivity contribution in [2.24, 2.45) is 0 Å². The van der Waals surface area contributed by atoms with E-state index in [1.165, 1.54) is 0 Å². The molecule has 0 radical (unpaired) electrons. The lowest BCUT2D eigenvalue weighted by Crippen LogP contribution is -2.06. The van der Waals surface area contributed by atoms with Gasteiger partial charge in [-0.05, 0) is 38.1 Å². The van der Waals surface area contributed by atoms with Gasteiger partial charge < -0.3 is 9.72 Å². The van der Waals surface area contributed by atoms with Crippen molar-refractivity contribution in [1.29, 1.82) is 0 Å². The van der Waals surface area contributed by atoms with E-state index in [0.717, 1.165) is 26.3 Å². The van der Waals surface area contributed by atoms with Crippen molar-refractivity contribution < 1.29 is 9.53 Å². The Hall–Kier alpha value is -2.20. The summed E-state index contributed by atoms with van der Waals surface area (Å²) in [6.45, 7) is 4.23. The molecule has 3 aromatic rings. The summed E-state index contributed by atoms with van der Waals surface area (Å²) in [4.78, 5) is 17.5. The summed E-state index contributed by atoms with van der Waals surface area (Å²) in [5, 5.41) is 1.05. The van der Waals surface area contributed by atoms with Crippen LogP contribution in [0.2, 0.25) is 0 Å². The Bertz CT molecular complexity index is 809. The predicted molar refractivity (Wildman–Crippen MR) is 89.6 cm³/mol. The van der Waals surface area contributed by atoms with Crippen molar-refractivity contribution in [3.8, 4) is 0 Å². The molecule has 0 aliphatic rings. The zero-order valence-electron chi connectivity index (χ0n) is 12.6. The molecule has 0 spiro atoms. The first-order valence-corrected chi connectivity index (χ1v) is 8.03. The van der Waals surface area contributed by atoms with E-state index in [9.17, 15) is 4.79 Å². The number of hydrogen-bond donors (Lipinski definition) is 1. The lowest BCUT2D eigenvalue weighted by molar-refractivity contribution is 0.0516. The molecule has 1 N–H and O–H groups in total. The molecule has 0 fully saturated rings. The molecule has 3 rings (SSSR count). The maximum absolute atomic E-state index is 12.2. The highest BCUT2D eigenvalue weighted by Crippen LogP contribution is 2.37. The summed E-state index contributed by atoms with van der Waals surface area (Å²) in [6.07, 6.45) is 0. The Balaban J connectivity index is 2.13. The van der Waals surface area contributed by atoms with Gasteiger partial charge in [0.15, 0.2) is 0 Å². The number of aromatic amines is 1. The largest absolute Gasteiger partial charge is 0.461 e. The Labute approximate surface area is 133 Å². The van der Waals surface area contributed by atoms with Crippen LogP contribution < -0.4 is 0 Å². The Morgan fingerprint density at radius 1 is 1.18 bits per heavy atom. The zero-order chi connectivity index (χ0) is 15.5. The molecule has 2 aromatic carbocycles. The fourth-order valence-electron chi connectivity index (χ4n) is 2.34. The lowest BCUT2D eigenvalue weighted by Gasteiger charge is -2.05. The highest BCUT2D eigenvalue weighted by atomic mass is 32.2. The highest BCUT2D eigenvalue weighted by Gasteiger charge is 2.19. The van der Waals surface area contributed by atoms with Gasteiger partial charge in [-0.2, -0.15) is 0 Å². The predicted octanol–water partition coefficient (Wildman–Crippen LogP) is 4.80. The summed E-state index contributed by atoms with van der Waals surface area (Å²) in [7, 11) is 0. The first kappa shape index (κ1) is 14.7. The van der Waals surface area contributed by atoms with Crippen molar-refractivity contribution in [2.45, 2.75) is 23.6 Å². The van der Waals surface area contributed by atoms with E-state index in [0.29, 0.717) is 12.3 Å². The minimum absolute atomic E-state index is 0.310. The van der Waals surface area contributed by atoms with Crippen molar-refractivity contribution in [1.82, 2.24) is 4.98 Å². The van der Waals surface area contributed by atoms with Crippen molar-refractivity contribution in [3.05, 3.63) is 59.8 Å². The van der Waals surface area contributed by atoms with E-state index in [1.807, 2.05) is 56.3 Å². The van der Waals surface area contributed by atoms with Crippen LogP contribution in [0.3, 0.4) is 0 Å². The average molecular weight is 311 g/mol. The number of carbonyl (C=O) groups is 1. The first-order valence-electron chi connectivity index (χ1n) is 7.21. The Morgan fingerprint density at radius 2 is 1.95 bits per heavy atom. The van der Waals surface area contributed by atoms with Gasteiger partial charge >= 0.3 is 5.97 Å². The van der Waals surface area contributed by atoms with Gasteiger partial charge in [-0.3, -0.25) is 0 Å². The quantitative estimate of drug-likeness (QED) is 0.703. The Morgan fingerprint density at radius 3 is 2.68 bits per heavy atom. The third kappa shape index (κ3) is 2.88. The van der Waals surface area contributed by atoms with E-state index >= 15 is 0 Å². The molecule has 1 aromatic heterocycles. The molecule has 0 saturated carbocycles. The summed E-state index contributed by atoms with van der Waals surface area (Å²) in [6, 6.07) is 16.2. The number of nitrogens with one attached hydrogen (secondary N) is 1. The number of aryl methyl sites for hydroxylation is 1. The van der Waals surface area contributed by atoms with Crippen molar-refractivity contribution >= 4 is 28.6 Å². The molecule has 0 unspecified atom stereocenters. The van der Waals surface area contributed by atoms with Gasteiger partial charge in [0.05, 0.1) is 11.5 Å². The van der Waals surface area contributed by atoms with Gasteiger partial charge in [-0.1, -0.05) is 41.6 Å². The molecule has 1 heterocycles. The fraction of sp³-hybridized carbons (Fsp3) is 0.167. The smallest absolute Gasteiger partial charge is 0.355 e. The summed E-state index contributed by atoms with van der Waals surface area (Å²) >= 11 is 1.58. The number of carbonyl (C=O) groups excluding carboxylic acids is 1. The minimum atomic E-state index is -0.310. The van der Waals surface area contributed by atoms with Gasteiger partial charge in [0.1, 0.15) is 5.69 Å². The molecular weight excluding hydrogens is 294 g/mol. The number of esters is 1. The summed E-state index contributed by atoms with van der Waals surface area (Å²) in [5.74, 6) is -0.310. The second-order valence-electron chi connectivity index (χ2n) is 5.01. The molecule has 0 aliphatic heterocycles. The SMILES string of the molecule is CCOC(=O)c1[nH]c2ccc(C)cc2c1Sc1ccccc1. The number of rotatable bonds is 4. The number of benzene rings is 2. The van der Waals surface area contributed by atoms with E-state index in [4.69, 9.17) is 4.74 Å². The monoisotopic (exact) mass is 311 g/mol. The molecule has 112 valence electrons. The summed E-state index contributed by atoms with van der Waals surface area (Å²) < 4.78 is 5.18. The fourth-order valence-corrected chi connectivity index (χ4v) is 3.38. The van der Waals surface area contributed by atoms with Crippen molar-refractivity contribution in [3.63, 3.8) is 0 Å². The van der Waals surface area contributed by atoms with E-state index in [2.05, 4.69) is 11.1 Å². The highest BCUT2D eigenvalue weighted by molar-refractivity contribution is 7.99. The molecule has 22 heavy (non-hydrogen) atoms. The van der Waals surface area contributed by atoms with Crippen LogP contribution in [-0.2, 0) is 4.74 Å². The number of hydrogen-bond acceptors (Lipinski definition) is 3. The van der Waals surface area contributed by atoms with E-state index < -0.39 is 0 Å². The van der Waals surface area contributed by atoms with Crippen LogP contribution in [-0.4, -0.2) is 17.6 Å². The third-order valence-corrected chi connectivity index (χ3v) is 4.49. The number of H-pyrrole nitrogens is 1. The maximum atomic E-state index is 12.2. The molecule has 0 aliphatic carbocycles. The normalized spacial score (nSPS) is 10.8. The van der Waals surface area contributed by atoms with E-state index in [1.54, 1.807) is 11.8 Å². The van der Waals surface area contributed by atoms with Crippen LogP contribution in [0.5, 0.6) is 0 Å². The van der Waals surface area contributed by atoms with Gasteiger partial charge in [-0.25, -0.2) is 4.79 Å². The van der Waals surface area contributed by atoms with Gasteiger partial charge in [0.25, 0.3) is 0 Å². The van der Waals surface area contributed by atoms with E-state index in [-0.39, 0.29) is 5.97 Å². The number of fused-ring (bicyclic) bond motifs is 1. The van der Waals surface area contributed by atoms with Gasteiger partial charge in [0.2, 0.25) is 0 Å². The molecule has 0 saturated heterocycles. The second-order valence-corrected chi connectivity index (χ2v) is 6.10. The van der Waals surface area contributed by atoms with Crippen LogP contribution in [0.25, 0.3) is 10.9 Å². The van der Waals surface area contributed by atoms with Crippen LogP contribution in [0.15, 0.2) is 58.3 Å².